The number of aliphatic hydroxyl groups is 2. The third kappa shape index (κ3) is 14.5. The molecule has 0 unspecified atom stereocenters. The van der Waals surface area contributed by atoms with Gasteiger partial charge in [-0.1, -0.05) is 75.7 Å². The Labute approximate surface area is 244 Å². The van der Waals surface area contributed by atoms with Gasteiger partial charge in [-0.05, 0) is 39.0 Å². The number of nitrogens with one attached hydrogen (secondary N) is 4. The monoisotopic (exact) mass is 574 g/mol. The van der Waals surface area contributed by atoms with Gasteiger partial charge in [0.1, 0.15) is 12.1 Å². The van der Waals surface area contributed by atoms with Crippen LogP contribution in [0.15, 0.2) is 36.5 Å². The largest absolute Gasteiger partial charge is 0.393 e. The Morgan fingerprint density at radius 1 is 1.10 bits per heavy atom. The van der Waals surface area contributed by atoms with Gasteiger partial charge in [0, 0.05) is 31.2 Å². The molecule has 2 aliphatic rings. The van der Waals surface area contributed by atoms with E-state index < -0.39 is 48.1 Å². The first-order valence-electron chi connectivity index (χ1n) is 15.2. The molecule has 230 valence electrons. The standard InChI is InChI=1S/C31H50N4O6/c1-22-17-18-27(38)32-20-19-25(37)21-26(30(40)33-22)34-31(41)29(23(2)36)35-28(39)16-12-7-5-3-4-6-9-13-24-14-10-8-11-15-24/h5,7,12,16-18,22-26,29,36-37H,3-4,6,8-11,13-15,19-21H2,1-2H3,(H,32,38)(H,33,40)(H,34,41)(H,35,39)/b7-5+,16-12+,18-17-/t22-,23+,25-,26-,29-/m0/s1. The highest BCUT2D eigenvalue weighted by atomic mass is 16.3. The predicted octanol–water partition coefficient (Wildman–Crippen LogP) is 2.31. The Bertz CT molecular complexity index is 926. The Morgan fingerprint density at radius 2 is 1.85 bits per heavy atom. The van der Waals surface area contributed by atoms with Gasteiger partial charge >= 0.3 is 0 Å². The van der Waals surface area contributed by atoms with Crippen molar-refractivity contribution in [1.29, 1.82) is 0 Å². The van der Waals surface area contributed by atoms with Gasteiger partial charge in [-0.3, -0.25) is 19.2 Å². The molecule has 1 heterocycles. The summed E-state index contributed by atoms with van der Waals surface area (Å²) < 4.78 is 0. The third-order valence-corrected chi connectivity index (χ3v) is 7.59. The van der Waals surface area contributed by atoms with E-state index in [-0.39, 0.29) is 25.3 Å². The van der Waals surface area contributed by atoms with E-state index in [1.807, 2.05) is 6.08 Å². The van der Waals surface area contributed by atoms with Crippen molar-refractivity contribution in [3.63, 3.8) is 0 Å². The van der Waals surface area contributed by atoms with Crippen molar-refractivity contribution in [2.75, 3.05) is 6.54 Å². The van der Waals surface area contributed by atoms with Crippen LogP contribution in [0.5, 0.6) is 0 Å². The van der Waals surface area contributed by atoms with Crippen molar-refractivity contribution in [1.82, 2.24) is 21.3 Å². The van der Waals surface area contributed by atoms with Crippen LogP contribution in [-0.4, -0.2) is 70.7 Å². The van der Waals surface area contributed by atoms with Gasteiger partial charge in [0.2, 0.25) is 23.6 Å². The van der Waals surface area contributed by atoms with Crippen LogP contribution in [0.4, 0.5) is 0 Å². The molecule has 41 heavy (non-hydrogen) atoms. The number of hydrogen-bond donors (Lipinski definition) is 6. The molecule has 5 atom stereocenters. The van der Waals surface area contributed by atoms with Crippen LogP contribution in [0.3, 0.4) is 0 Å². The van der Waals surface area contributed by atoms with E-state index in [0.717, 1.165) is 18.8 Å². The maximum atomic E-state index is 13.0. The summed E-state index contributed by atoms with van der Waals surface area (Å²) in [5.74, 6) is -1.26. The molecular weight excluding hydrogens is 524 g/mol. The maximum absolute atomic E-state index is 13.0. The van der Waals surface area contributed by atoms with Gasteiger partial charge in [-0.2, -0.15) is 0 Å². The van der Waals surface area contributed by atoms with E-state index in [0.29, 0.717) is 0 Å². The van der Waals surface area contributed by atoms with Crippen molar-refractivity contribution in [3.8, 4) is 0 Å². The van der Waals surface area contributed by atoms with Crippen molar-refractivity contribution < 1.29 is 29.4 Å². The minimum Gasteiger partial charge on any atom is -0.393 e. The molecule has 0 aromatic rings. The van der Waals surface area contributed by atoms with Gasteiger partial charge in [0.15, 0.2) is 0 Å². The molecule has 6 N–H and O–H groups in total. The van der Waals surface area contributed by atoms with E-state index >= 15 is 0 Å². The molecule has 1 aliphatic carbocycles. The Morgan fingerprint density at radius 3 is 2.59 bits per heavy atom. The fraction of sp³-hybridized carbons (Fsp3) is 0.677. The van der Waals surface area contributed by atoms with Crippen molar-refractivity contribution in [2.45, 2.75) is 121 Å². The van der Waals surface area contributed by atoms with Gasteiger partial charge in [-0.15, -0.1) is 0 Å². The lowest BCUT2D eigenvalue weighted by atomic mass is 9.85. The average Bonchev–Trinajstić information content (AvgIpc) is 2.93. The molecule has 0 aromatic heterocycles. The summed E-state index contributed by atoms with van der Waals surface area (Å²) in [5, 5.41) is 30.9. The van der Waals surface area contributed by atoms with E-state index in [4.69, 9.17) is 0 Å². The van der Waals surface area contributed by atoms with Crippen molar-refractivity contribution in [2.24, 2.45) is 5.92 Å². The van der Waals surface area contributed by atoms with E-state index in [9.17, 15) is 29.4 Å². The number of hydrogen-bond acceptors (Lipinski definition) is 6. The second-order valence-electron chi connectivity index (χ2n) is 11.3. The van der Waals surface area contributed by atoms with Gasteiger partial charge in [-0.25, -0.2) is 0 Å². The molecule has 10 heteroatoms. The van der Waals surface area contributed by atoms with Crippen molar-refractivity contribution in [3.05, 3.63) is 36.5 Å². The molecule has 1 saturated carbocycles. The summed E-state index contributed by atoms with van der Waals surface area (Å²) in [5.41, 5.74) is 0. The SMILES string of the molecule is C[C@H]1/C=C\C(=O)NCC[C@H](O)C[C@H](NC(=O)[C@@H](NC(=O)/C=C/C=C/CCCCCC2CCCCC2)[C@@H](C)O)C(=O)N1. The molecule has 0 aromatic carbocycles. The number of allylic oxidation sites excluding steroid dienone is 3. The van der Waals surface area contributed by atoms with Crippen LogP contribution in [0, 0.1) is 5.92 Å². The zero-order valence-corrected chi connectivity index (χ0v) is 24.6. The first-order valence-corrected chi connectivity index (χ1v) is 15.2. The number of rotatable bonds is 12. The predicted molar refractivity (Wildman–Crippen MR) is 158 cm³/mol. The smallest absolute Gasteiger partial charge is 0.245 e. The molecular formula is C31H50N4O6. The summed E-state index contributed by atoms with van der Waals surface area (Å²) in [6.45, 7) is 3.24. The summed E-state index contributed by atoms with van der Waals surface area (Å²) in [6, 6.07) is -2.91. The highest BCUT2D eigenvalue weighted by molar-refractivity contribution is 5.95. The fourth-order valence-corrected chi connectivity index (χ4v) is 5.18. The van der Waals surface area contributed by atoms with Crippen molar-refractivity contribution >= 4 is 23.6 Å². The Hall–Kier alpha value is -2.98. The quantitative estimate of drug-likeness (QED) is 0.119. The topological polar surface area (TPSA) is 157 Å². The Balaban J connectivity index is 1.82. The molecule has 0 radical (unpaired) electrons. The first kappa shape index (κ1) is 34.2. The van der Waals surface area contributed by atoms with Crippen LogP contribution in [0.2, 0.25) is 0 Å². The van der Waals surface area contributed by atoms with Crippen LogP contribution < -0.4 is 21.3 Å². The molecule has 2 rings (SSSR count). The minimum atomic E-state index is -1.30. The fourth-order valence-electron chi connectivity index (χ4n) is 5.18. The molecule has 0 spiro atoms. The number of carbonyl (C=O) groups excluding carboxylic acids is 4. The second-order valence-corrected chi connectivity index (χ2v) is 11.3. The van der Waals surface area contributed by atoms with Crippen LogP contribution >= 0.6 is 0 Å². The van der Waals surface area contributed by atoms with Crippen LogP contribution in [0.1, 0.15) is 90.9 Å². The molecule has 10 nitrogen and oxygen atoms in total. The van der Waals surface area contributed by atoms with E-state index in [1.165, 1.54) is 76.5 Å². The summed E-state index contributed by atoms with van der Waals surface area (Å²) >= 11 is 0. The van der Waals surface area contributed by atoms with Gasteiger partial charge in [0.25, 0.3) is 0 Å². The van der Waals surface area contributed by atoms with E-state index in [2.05, 4.69) is 21.3 Å². The number of carbonyl (C=O) groups is 4. The van der Waals surface area contributed by atoms with E-state index in [1.54, 1.807) is 19.1 Å². The molecule has 1 fully saturated rings. The van der Waals surface area contributed by atoms with Gasteiger partial charge < -0.3 is 31.5 Å². The summed E-state index contributed by atoms with van der Waals surface area (Å²) in [6.07, 6.45) is 20.2. The lowest BCUT2D eigenvalue weighted by Crippen LogP contribution is -2.58. The molecule has 1 aliphatic heterocycles. The number of aliphatic hydroxyl groups excluding tert-OH is 2. The van der Waals surface area contributed by atoms with Crippen LogP contribution in [0.25, 0.3) is 0 Å². The molecule has 0 saturated heterocycles. The minimum absolute atomic E-state index is 0.102. The highest BCUT2D eigenvalue weighted by Crippen LogP contribution is 2.28. The zero-order chi connectivity index (χ0) is 30.0. The average molecular weight is 575 g/mol. The lowest BCUT2D eigenvalue weighted by Gasteiger charge is -2.26. The summed E-state index contributed by atoms with van der Waals surface area (Å²) in [4.78, 5) is 50.0. The van der Waals surface area contributed by atoms with Gasteiger partial charge in [0.05, 0.1) is 12.2 Å². The Kier molecular flexibility index (Phi) is 16.0. The zero-order valence-electron chi connectivity index (χ0n) is 24.6. The second kappa shape index (κ2) is 19.2. The normalized spacial score (nSPS) is 25.4. The molecule has 0 bridgehead atoms. The number of amides is 4. The summed E-state index contributed by atoms with van der Waals surface area (Å²) in [7, 11) is 0. The lowest BCUT2D eigenvalue weighted by molar-refractivity contribution is -0.134. The maximum Gasteiger partial charge on any atom is 0.245 e. The number of unbranched alkanes of at least 4 members (excludes halogenated alkanes) is 3. The highest BCUT2D eigenvalue weighted by Gasteiger charge is 2.31. The first-order chi connectivity index (χ1) is 19.7. The molecule has 4 amide bonds. The third-order valence-electron chi connectivity index (χ3n) is 7.59. The van der Waals surface area contributed by atoms with Crippen LogP contribution in [-0.2, 0) is 19.2 Å².